The van der Waals surface area contributed by atoms with E-state index in [1.165, 1.54) is 17.7 Å². The summed E-state index contributed by atoms with van der Waals surface area (Å²) in [5, 5.41) is 5.84. The summed E-state index contributed by atoms with van der Waals surface area (Å²) < 4.78 is 7.41. The Kier molecular flexibility index (Phi) is 6.17. The number of aromatic nitrogens is 5. The number of fused-ring (bicyclic) bond motifs is 1. The molecule has 0 aliphatic carbocycles. The molecule has 1 unspecified atom stereocenters. The molecule has 0 amide bonds. The van der Waals surface area contributed by atoms with Crippen molar-refractivity contribution in [2.45, 2.75) is 19.9 Å². The van der Waals surface area contributed by atoms with E-state index in [0.717, 1.165) is 27.1 Å². The fourth-order valence-electron chi connectivity index (χ4n) is 4.25. The first-order valence-corrected chi connectivity index (χ1v) is 12.0. The average molecular weight is 498 g/mol. The summed E-state index contributed by atoms with van der Waals surface area (Å²) in [5.74, 6) is 0.701. The molecule has 0 aliphatic rings. The topological polar surface area (TPSA) is 135 Å². The summed E-state index contributed by atoms with van der Waals surface area (Å²) in [6.45, 7) is 4.35. The van der Waals surface area contributed by atoms with E-state index in [9.17, 15) is 4.79 Å². The minimum Gasteiger partial charge on any atom is -0.430 e. The van der Waals surface area contributed by atoms with E-state index in [2.05, 4.69) is 15.0 Å². The highest BCUT2D eigenvalue weighted by molar-refractivity contribution is 7.18. The van der Waals surface area contributed by atoms with Crippen LogP contribution in [0.3, 0.4) is 0 Å². The predicted octanol–water partition coefficient (Wildman–Crippen LogP) is 4.62. The second-order valence-corrected chi connectivity index (χ2v) is 9.19. The quantitative estimate of drug-likeness (QED) is 0.246. The van der Waals surface area contributed by atoms with Crippen molar-refractivity contribution in [3.8, 4) is 10.6 Å². The van der Waals surface area contributed by atoms with Crippen LogP contribution in [0.1, 0.15) is 29.7 Å². The first-order valence-electron chi connectivity index (χ1n) is 11.2. The van der Waals surface area contributed by atoms with Crippen molar-refractivity contribution < 1.29 is 9.53 Å². The number of carbonyl (C=O) groups is 1. The Morgan fingerprint density at radius 3 is 2.50 bits per heavy atom. The molecule has 5 rings (SSSR count). The molecule has 0 spiro atoms. The van der Waals surface area contributed by atoms with E-state index in [0.29, 0.717) is 34.1 Å². The van der Waals surface area contributed by atoms with E-state index in [-0.39, 0.29) is 5.82 Å². The molecule has 3 heterocycles. The Bertz CT molecular complexity index is 1590. The minimum atomic E-state index is -0.541. The number of anilines is 2. The van der Waals surface area contributed by atoms with Crippen molar-refractivity contribution >= 4 is 45.4 Å². The lowest BCUT2D eigenvalue weighted by Gasteiger charge is -2.21. The number of nitrogen functional groups attached to an aromatic ring is 2. The van der Waals surface area contributed by atoms with Gasteiger partial charge in [0.15, 0.2) is 10.8 Å². The third-order valence-electron chi connectivity index (χ3n) is 5.92. The van der Waals surface area contributed by atoms with Crippen molar-refractivity contribution in [3.63, 3.8) is 0 Å². The lowest BCUT2D eigenvalue weighted by molar-refractivity contribution is -0.125. The summed E-state index contributed by atoms with van der Waals surface area (Å²) in [7, 11) is 0. The number of thiazole rings is 1. The van der Waals surface area contributed by atoms with Gasteiger partial charge in [-0.3, -0.25) is 4.79 Å². The Morgan fingerprint density at radius 1 is 1.06 bits per heavy atom. The Hall–Kier alpha value is -4.57. The molecule has 180 valence electrons. The van der Waals surface area contributed by atoms with Gasteiger partial charge in [0, 0.05) is 11.8 Å². The van der Waals surface area contributed by atoms with Crippen LogP contribution in [0.2, 0.25) is 0 Å². The second-order valence-electron chi connectivity index (χ2n) is 8.12. The fraction of sp³-hybridized carbons (Fsp3) is 0.115. The molecular formula is C26H23N7O2S. The zero-order chi connectivity index (χ0) is 25.2. The molecule has 0 radical (unpaired) electrons. The summed E-state index contributed by atoms with van der Waals surface area (Å²) in [6.07, 6.45) is 3.03. The third-order valence-corrected chi connectivity index (χ3v) is 6.75. The number of rotatable bonds is 7. The van der Waals surface area contributed by atoms with Gasteiger partial charge >= 0.3 is 0 Å². The molecule has 10 heteroatoms. The van der Waals surface area contributed by atoms with Crippen molar-refractivity contribution in [1.82, 2.24) is 24.7 Å². The molecular weight excluding hydrogens is 474 g/mol. The molecule has 36 heavy (non-hydrogen) atoms. The van der Waals surface area contributed by atoms with Crippen molar-refractivity contribution in [3.05, 3.63) is 89.6 Å². The highest BCUT2D eigenvalue weighted by Gasteiger charge is 2.27. The SMILES string of the molecule is Cc1ccccc1/C(=C(\OC=O)C(C)n1nc(-c2cnc(N)s2)c2c(N)ncnc21)c1ccccc1. The van der Waals surface area contributed by atoms with E-state index in [1.54, 1.807) is 10.9 Å². The van der Waals surface area contributed by atoms with Crippen molar-refractivity contribution in [2.24, 2.45) is 0 Å². The summed E-state index contributed by atoms with van der Waals surface area (Å²) >= 11 is 1.29. The summed E-state index contributed by atoms with van der Waals surface area (Å²) in [5.41, 5.74) is 16.9. The largest absolute Gasteiger partial charge is 0.430 e. The molecule has 0 aliphatic heterocycles. The van der Waals surface area contributed by atoms with Gasteiger partial charge in [-0.25, -0.2) is 19.6 Å². The fourth-order valence-corrected chi connectivity index (χ4v) is 4.93. The molecule has 9 nitrogen and oxygen atoms in total. The number of benzene rings is 2. The molecule has 0 fully saturated rings. The molecule has 3 aromatic heterocycles. The Labute approximate surface area is 211 Å². The van der Waals surface area contributed by atoms with Crippen LogP contribution >= 0.6 is 11.3 Å². The van der Waals surface area contributed by atoms with Crippen LogP contribution in [-0.2, 0) is 9.53 Å². The number of carbonyl (C=O) groups excluding carboxylic acids is 1. The van der Waals surface area contributed by atoms with Crippen LogP contribution in [0.25, 0.3) is 27.2 Å². The zero-order valence-electron chi connectivity index (χ0n) is 19.6. The number of nitrogens with zero attached hydrogens (tertiary/aromatic N) is 5. The molecule has 0 saturated heterocycles. The lowest BCUT2D eigenvalue weighted by atomic mass is 9.91. The maximum atomic E-state index is 11.8. The van der Waals surface area contributed by atoms with Crippen LogP contribution in [0, 0.1) is 6.92 Å². The molecule has 0 bridgehead atoms. The van der Waals surface area contributed by atoms with Crippen LogP contribution in [0.4, 0.5) is 10.9 Å². The number of hydrogen-bond donors (Lipinski definition) is 2. The highest BCUT2D eigenvalue weighted by atomic mass is 32.1. The van der Waals surface area contributed by atoms with Gasteiger partial charge in [0.25, 0.3) is 6.47 Å². The Morgan fingerprint density at radius 2 is 1.81 bits per heavy atom. The molecule has 1 atom stereocenters. The van der Waals surface area contributed by atoms with E-state index in [1.807, 2.05) is 68.4 Å². The standard InChI is InChI=1S/C26H23N7O2S/c1-15-8-6-7-11-18(15)20(17-9-4-3-5-10-17)23(35-14-34)16(2)33-25-21(24(27)30-13-31-25)22(32-33)19-12-29-26(28)36-19/h3-14,16H,1-2H3,(H2,28,29)(H2,27,30,31)/b23-20-. The van der Waals surface area contributed by atoms with Gasteiger partial charge in [-0.15, -0.1) is 0 Å². The van der Waals surface area contributed by atoms with Gasteiger partial charge in [0.1, 0.15) is 29.6 Å². The normalized spacial score (nSPS) is 12.8. The van der Waals surface area contributed by atoms with Crippen LogP contribution in [0.15, 0.2) is 72.9 Å². The minimum absolute atomic E-state index is 0.282. The van der Waals surface area contributed by atoms with Gasteiger partial charge < -0.3 is 16.2 Å². The number of ether oxygens (including phenoxy) is 1. The maximum absolute atomic E-state index is 11.8. The van der Waals surface area contributed by atoms with E-state index in [4.69, 9.17) is 21.3 Å². The van der Waals surface area contributed by atoms with Gasteiger partial charge in [-0.05, 0) is 30.5 Å². The molecule has 2 aromatic carbocycles. The smallest absolute Gasteiger partial charge is 0.298 e. The van der Waals surface area contributed by atoms with Gasteiger partial charge in [-0.1, -0.05) is 65.9 Å². The van der Waals surface area contributed by atoms with Gasteiger partial charge in [0.2, 0.25) is 0 Å². The first-order chi connectivity index (χ1) is 17.5. The zero-order valence-corrected chi connectivity index (χ0v) is 20.4. The van der Waals surface area contributed by atoms with E-state index >= 15 is 0 Å². The van der Waals surface area contributed by atoms with Crippen molar-refractivity contribution in [1.29, 1.82) is 0 Å². The lowest BCUT2D eigenvalue weighted by Crippen LogP contribution is -2.15. The summed E-state index contributed by atoms with van der Waals surface area (Å²) in [6, 6.07) is 17.2. The molecule has 4 N–H and O–H groups in total. The highest BCUT2D eigenvalue weighted by Crippen LogP contribution is 2.39. The maximum Gasteiger partial charge on any atom is 0.298 e. The molecule has 5 aromatic rings. The van der Waals surface area contributed by atoms with E-state index < -0.39 is 6.04 Å². The predicted molar refractivity (Wildman–Crippen MR) is 141 cm³/mol. The monoisotopic (exact) mass is 497 g/mol. The number of nitrogens with two attached hydrogens (primary N) is 2. The van der Waals surface area contributed by atoms with Crippen LogP contribution < -0.4 is 11.5 Å². The average Bonchev–Trinajstić information content (AvgIpc) is 3.49. The van der Waals surface area contributed by atoms with Crippen molar-refractivity contribution in [2.75, 3.05) is 11.5 Å². The molecule has 0 saturated carbocycles. The first kappa shape index (κ1) is 23.2. The van der Waals surface area contributed by atoms with Gasteiger partial charge in [0.05, 0.1) is 10.3 Å². The van der Waals surface area contributed by atoms with Crippen LogP contribution in [-0.4, -0.2) is 31.2 Å². The Balaban J connectivity index is 1.80. The van der Waals surface area contributed by atoms with Crippen LogP contribution in [0.5, 0.6) is 0 Å². The second kappa shape index (κ2) is 9.59. The number of allylic oxidation sites excluding steroid dienone is 1. The number of hydrogen-bond acceptors (Lipinski definition) is 9. The summed E-state index contributed by atoms with van der Waals surface area (Å²) in [4.78, 5) is 25.3. The number of aryl methyl sites for hydroxylation is 1. The third kappa shape index (κ3) is 4.07. The van der Waals surface area contributed by atoms with Gasteiger partial charge in [-0.2, -0.15) is 5.10 Å².